The molecule has 1 aromatic heterocycles. The number of piperidine rings is 1. The highest BCUT2D eigenvalue weighted by Gasteiger charge is 2.35. The molecule has 2 aliphatic rings. The first-order valence-electron chi connectivity index (χ1n) is 10.5. The Kier molecular flexibility index (Phi) is 5.19. The van der Waals surface area contributed by atoms with Gasteiger partial charge in [-0.2, -0.15) is 0 Å². The van der Waals surface area contributed by atoms with E-state index < -0.39 is 0 Å². The minimum absolute atomic E-state index is 0.313. The number of thioether (sulfide) groups is 1. The number of nitrogens with zero attached hydrogens (tertiary/aromatic N) is 1. The molecule has 1 aliphatic carbocycles. The minimum atomic E-state index is 0.313. The first-order valence-corrected chi connectivity index (χ1v) is 11.3. The minimum Gasteiger partial charge on any atom is -0.361 e. The van der Waals surface area contributed by atoms with Gasteiger partial charge in [0.05, 0.1) is 0 Å². The Morgan fingerprint density at radius 3 is 2.79 bits per heavy atom. The SMILES string of the molecule is O=C1C[C@@H]2C=C(Sc3ccccc3)CC[C@@H]2CN1CCc1c[nH]c2ccccc12. The zero-order valence-electron chi connectivity index (χ0n) is 16.5. The van der Waals surface area contributed by atoms with Gasteiger partial charge in [0, 0.05) is 41.5 Å². The fourth-order valence-electron chi connectivity index (χ4n) is 4.70. The summed E-state index contributed by atoms with van der Waals surface area (Å²) in [6.07, 6.45) is 8.38. The van der Waals surface area contributed by atoms with Crippen LogP contribution in [0.5, 0.6) is 0 Å². The van der Waals surface area contributed by atoms with Crippen molar-refractivity contribution >= 4 is 28.6 Å². The molecule has 0 spiro atoms. The average molecular weight is 403 g/mol. The third-order valence-corrected chi connectivity index (χ3v) is 7.41. The summed E-state index contributed by atoms with van der Waals surface area (Å²) in [5.74, 6) is 1.33. The lowest BCUT2D eigenvalue weighted by Gasteiger charge is -2.39. The maximum Gasteiger partial charge on any atom is 0.223 e. The molecule has 3 aromatic rings. The molecule has 5 rings (SSSR count). The predicted octanol–water partition coefficient (Wildman–Crippen LogP) is 5.65. The topological polar surface area (TPSA) is 36.1 Å². The van der Waals surface area contributed by atoms with Crippen LogP contribution >= 0.6 is 11.8 Å². The van der Waals surface area contributed by atoms with Crippen molar-refractivity contribution in [3.8, 4) is 0 Å². The molecular formula is C25H26N2OS. The monoisotopic (exact) mass is 402 g/mol. The summed E-state index contributed by atoms with van der Waals surface area (Å²) in [5, 5.41) is 1.28. The van der Waals surface area contributed by atoms with Gasteiger partial charge in [0.15, 0.2) is 0 Å². The van der Waals surface area contributed by atoms with Crippen LogP contribution in [0.2, 0.25) is 0 Å². The number of rotatable bonds is 5. The lowest BCUT2D eigenvalue weighted by Crippen LogP contribution is -2.45. The zero-order chi connectivity index (χ0) is 19.6. The molecular weight excluding hydrogens is 376 g/mol. The smallest absolute Gasteiger partial charge is 0.223 e. The van der Waals surface area contributed by atoms with Gasteiger partial charge >= 0.3 is 0 Å². The summed E-state index contributed by atoms with van der Waals surface area (Å²) >= 11 is 1.86. The molecule has 0 unspecified atom stereocenters. The molecule has 3 nitrogen and oxygen atoms in total. The quantitative estimate of drug-likeness (QED) is 0.599. The molecule has 2 aromatic carbocycles. The van der Waals surface area contributed by atoms with Crippen molar-refractivity contribution in [3.05, 3.63) is 77.3 Å². The number of nitrogens with one attached hydrogen (secondary N) is 1. The second-order valence-corrected chi connectivity index (χ2v) is 9.36. The second-order valence-electron chi connectivity index (χ2n) is 8.16. The van der Waals surface area contributed by atoms with Crippen LogP contribution in [0.4, 0.5) is 0 Å². The Morgan fingerprint density at radius 1 is 1.07 bits per heavy atom. The van der Waals surface area contributed by atoms with Crippen molar-refractivity contribution in [2.75, 3.05) is 13.1 Å². The third-order valence-electron chi connectivity index (χ3n) is 6.30. The summed E-state index contributed by atoms with van der Waals surface area (Å²) in [4.78, 5) is 21.0. The van der Waals surface area contributed by atoms with E-state index in [-0.39, 0.29) is 0 Å². The van der Waals surface area contributed by atoms with E-state index in [1.165, 1.54) is 32.7 Å². The van der Waals surface area contributed by atoms with Gasteiger partial charge in [-0.05, 0) is 59.8 Å². The fraction of sp³-hybridized carbons (Fsp3) is 0.320. The Labute approximate surface area is 176 Å². The second kappa shape index (κ2) is 8.11. The largest absolute Gasteiger partial charge is 0.361 e. The number of H-pyrrole nitrogens is 1. The van der Waals surface area contributed by atoms with Crippen LogP contribution in [0.3, 0.4) is 0 Å². The van der Waals surface area contributed by atoms with E-state index in [0.717, 1.165) is 25.9 Å². The number of carbonyl (C=O) groups excluding carboxylic acids is 1. The molecule has 29 heavy (non-hydrogen) atoms. The number of hydrogen-bond acceptors (Lipinski definition) is 2. The molecule has 0 saturated carbocycles. The van der Waals surface area contributed by atoms with Crippen LogP contribution in [0, 0.1) is 11.8 Å². The van der Waals surface area contributed by atoms with Gasteiger partial charge in [-0.15, -0.1) is 0 Å². The molecule has 2 heterocycles. The summed E-state index contributed by atoms with van der Waals surface area (Å²) in [7, 11) is 0. The zero-order valence-corrected chi connectivity index (χ0v) is 17.3. The number of fused-ring (bicyclic) bond motifs is 2. The highest BCUT2D eigenvalue weighted by Crippen LogP contribution is 2.41. The first kappa shape index (κ1) is 18.6. The molecule has 0 radical (unpaired) electrons. The van der Waals surface area contributed by atoms with Crippen LogP contribution < -0.4 is 0 Å². The highest BCUT2D eigenvalue weighted by atomic mass is 32.2. The number of benzene rings is 2. The lowest BCUT2D eigenvalue weighted by molar-refractivity contribution is -0.136. The normalized spacial score (nSPS) is 21.9. The summed E-state index contributed by atoms with van der Waals surface area (Å²) < 4.78 is 0. The number of hydrogen-bond donors (Lipinski definition) is 1. The predicted molar refractivity (Wildman–Crippen MR) is 120 cm³/mol. The summed E-state index contributed by atoms with van der Waals surface area (Å²) in [6, 6.07) is 19.0. The highest BCUT2D eigenvalue weighted by molar-refractivity contribution is 8.03. The van der Waals surface area contributed by atoms with Gasteiger partial charge in [0.1, 0.15) is 0 Å². The molecule has 1 amide bonds. The van der Waals surface area contributed by atoms with E-state index in [0.29, 0.717) is 24.2 Å². The lowest BCUT2D eigenvalue weighted by atomic mass is 9.78. The molecule has 4 heteroatoms. The third kappa shape index (κ3) is 3.99. The number of likely N-dealkylation sites (tertiary alicyclic amines) is 1. The molecule has 2 atom stereocenters. The number of allylic oxidation sites excluding steroid dienone is 2. The Hall–Kier alpha value is -2.46. The molecule has 1 saturated heterocycles. The van der Waals surface area contributed by atoms with Crippen molar-refractivity contribution in [1.82, 2.24) is 9.88 Å². The molecule has 1 N–H and O–H groups in total. The van der Waals surface area contributed by atoms with E-state index in [1.54, 1.807) is 0 Å². The first-order chi connectivity index (χ1) is 14.3. The van der Waals surface area contributed by atoms with Crippen LogP contribution in [-0.2, 0) is 11.2 Å². The maximum absolute atomic E-state index is 12.8. The maximum atomic E-state index is 12.8. The van der Waals surface area contributed by atoms with E-state index in [1.807, 2.05) is 11.8 Å². The number of carbonyl (C=O) groups is 1. The van der Waals surface area contributed by atoms with Crippen molar-refractivity contribution in [1.29, 1.82) is 0 Å². The van der Waals surface area contributed by atoms with Crippen molar-refractivity contribution in [2.45, 2.75) is 30.6 Å². The van der Waals surface area contributed by atoms with E-state index in [9.17, 15) is 4.79 Å². The molecule has 1 aliphatic heterocycles. The van der Waals surface area contributed by atoms with Crippen molar-refractivity contribution in [3.63, 3.8) is 0 Å². The van der Waals surface area contributed by atoms with Gasteiger partial charge in [0.2, 0.25) is 5.91 Å². The van der Waals surface area contributed by atoms with E-state index in [4.69, 9.17) is 0 Å². The number of amides is 1. The van der Waals surface area contributed by atoms with Crippen LogP contribution in [0.15, 0.2) is 76.7 Å². The van der Waals surface area contributed by atoms with Crippen LogP contribution in [0.25, 0.3) is 10.9 Å². The number of aromatic nitrogens is 1. The Bertz CT molecular complexity index is 1040. The molecule has 1 fully saturated rings. The standard InChI is InChI=1S/C25H26N2OS/c28-25-15-20-14-22(29-21-6-2-1-3-7-21)11-10-19(20)17-27(25)13-12-18-16-26-24-9-5-4-8-23(18)24/h1-9,14,16,19-20,26H,10-13,15,17H2/t19-,20+/m1/s1. The van der Waals surface area contributed by atoms with E-state index in [2.05, 4.69) is 76.8 Å². The van der Waals surface area contributed by atoms with Crippen molar-refractivity contribution in [2.24, 2.45) is 11.8 Å². The average Bonchev–Trinajstić information content (AvgIpc) is 3.16. The Morgan fingerprint density at radius 2 is 1.90 bits per heavy atom. The number of para-hydroxylation sites is 1. The Balaban J connectivity index is 1.22. The fourth-order valence-corrected chi connectivity index (χ4v) is 5.76. The summed E-state index contributed by atoms with van der Waals surface area (Å²) in [6.45, 7) is 1.73. The van der Waals surface area contributed by atoms with Crippen LogP contribution in [0.1, 0.15) is 24.8 Å². The van der Waals surface area contributed by atoms with Gasteiger partial charge in [0.25, 0.3) is 0 Å². The number of aromatic amines is 1. The van der Waals surface area contributed by atoms with Gasteiger partial charge in [-0.1, -0.05) is 54.2 Å². The van der Waals surface area contributed by atoms with Gasteiger partial charge in [-0.3, -0.25) is 4.79 Å². The van der Waals surface area contributed by atoms with Gasteiger partial charge < -0.3 is 9.88 Å². The van der Waals surface area contributed by atoms with Crippen molar-refractivity contribution < 1.29 is 4.79 Å². The van der Waals surface area contributed by atoms with Gasteiger partial charge in [-0.25, -0.2) is 0 Å². The molecule has 0 bridgehead atoms. The molecule has 148 valence electrons. The van der Waals surface area contributed by atoms with E-state index >= 15 is 0 Å². The summed E-state index contributed by atoms with van der Waals surface area (Å²) in [5.41, 5.74) is 2.48. The van der Waals surface area contributed by atoms with Crippen LogP contribution in [-0.4, -0.2) is 28.9 Å².